The van der Waals surface area contributed by atoms with Crippen molar-refractivity contribution in [3.05, 3.63) is 52.1 Å². The highest BCUT2D eigenvalue weighted by molar-refractivity contribution is 5.87. The fourth-order valence-electron chi connectivity index (χ4n) is 3.70. The Labute approximate surface area is 164 Å². The Kier molecular flexibility index (Phi) is 5.74. The second-order valence-corrected chi connectivity index (χ2v) is 7.61. The lowest BCUT2D eigenvalue weighted by atomic mass is 9.90. The molecule has 0 spiro atoms. The van der Waals surface area contributed by atoms with Gasteiger partial charge in [0.05, 0.1) is 23.5 Å². The maximum atomic E-state index is 13.3. The van der Waals surface area contributed by atoms with Crippen LogP contribution in [0, 0.1) is 6.92 Å². The van der Waals surface area contributed by atoms with E-state index in [4.69, 9.17) is 0 Å². The summed E-state index contributed by atoms with van der Waals surface area (Å²) >= 11 is 0. The van der Waals surface area contributed by atoms with Crippen LogP contribution in [-0.2, 0) is 16.1 Å². The van der Waals surface area contributed by atoms with E-state index in [-0.39, 0.29) is 30.3 Å². The van der Waals surface area contributed by atoms with Gasteiger partial charge in [-0.05, 0) is 45.5 Å². The van der Waals surface area contributed by atoms with Gasteiger partial charge in [-0.1, -0.05) is 24.3 Å². The third-order valence-electron chi connectivity index (χ3n) is 5.01. The Bertz CT molecular complexity index is 1010. The molecule has 1 fully saturated rings. The molecule has 0 saturated heterocycles. The number of carbonyl (C=O) groups excluding carboxylic acids is 2. The van der Waals surface area contributed by atoms with Crippen molar-refractivity contribution in [2.45, 2.75) is 38.8 Å². The van der Waals surface area contributed by atoms with Gasteiger partial charge in [0.2, 0.25) is 5.91 Å². The maximum Gasteiger partial charge on any atom is 0.262 e. The zero-order valence-corrected chi connectivity index (χ0v) is 16.6. The molecule has 0 bridgehead atoms. The molecule has 7 heteroatoms. The van der Waals surface area contributed by atoms with Crippen molar-refractivity contribution in [3.8, 4) is 0 Å². The summed E-state index contributed by atoms with van der Waals surface area (Å²) in [4.78, 5) is 44.2. The quantitative estimate of drug-likeness (QED) is 0.796. The number of aryl methyl sites for hydroxylation is 1. The number of carbonyl (C=O) groups is 2. The van der Waals surface area contributed by atoms with E-state index in [1.54, 1.807) is 17.9 Å². The number of amides is 1. The van der Waals surface area contributed by atoms with Crippen LogP contribution in [0.5, 0.6) is 0 Å². The van der Waals surface area contributed by atoms with E-state index >= 15 is 0 Å². The molecule has 1 aromatic carbocycles. The molecular weight excluding hydrogens is 356 g/mol. The molecule has 3 rings (SSSR count). The first-order valence-electron chi connectivity index (χ1n) is 9.39. The average molecular weight is 382 g/mol. The lowest BCUT2D eigenvalue weighted by Crippen LogP contribution is -2.36. The average Bonchev–Trinajstić information content (AvgIpc) is 2.60. The summed E-state index contributed by atoms with van der Waals surface area (Å²) in [6, 6.07) is 4.91. The molecule has 0 aliphatic heterocycles. The van der Waals surface area contributed by atoms with Gasteiger partial charge in [0.25, 0.3) is 5.56 Å². The van der Waals surface area contributed by atoms with Gasteiger partial charge in [-0.2, -0.15) is 0 Å². The Morgan fingerprint density at radius 2 is 2.11 bits per heavy atom. The molecule has 1 aliphatic carbocycles. The number of allylic oxidation sites excluding steroid dienone is 1. The number of rotatable bonds is 5. The van der Waals surface area contributed by atoms with Crippen molar-refractivity contribution in [2.24, 2.45) is 0 Å². The number of benzene rings is 1. The van der Waals surface area contributed by atoms with Gasteiger partial charge in [-0.15, -0.1) is 0 Å². The third kappa shape index (κ3) is 4.04. The highest BCUT2D eigenvalue weighted by atomic mass is 16.2. The Hall–Kier alpha value is -2.80. The molecule has 0 radical (unpaired) electrons. The van der Waals surface area contributed by atoms with E-state index in [1.165, 1.54) is 4.57 Å². The van der Waals surface area contributed by atoms with Crippen LogP contribution < -0.4 is 10.9 Å². The summed E-state index contributed by atoms with van der Waals surface area (Å²) in [5, 5.41) is 3.30. The number of hydrogen-bond donors (Lipinski definition) is 1. The molecule has 1 aromatic heterocycles. The molecule has 1 heterocycles. The molecule has 148 valence electrons. The van der Waals surface area contributed by atoms with Crippen LogP contribution in [-0.4, -0.2) is 46.8 Å². The van der Waals surface area contributed by atoms with Gasteiger partial charge < -0.3 is 10.2 Å². The first-order chi connectivity index (χ1) is 13.3. The lowest BCUT2D eigenvalue weighted by Gasteiger charge is -2.26. The number of hydrogen-bond acceptors (Lipinski definition) is 5. The molecular formula is C21H26N4O3. The number of aromatic nitrogens is 2. The lowest BCUT2D eigenvalue weighted by molar-refractivity contribution is -0.123. The number of nitrogens with zero attached hydrogens (tertiary/aromatic N) is 3. The second-order valence-electron chi connectivity index (χ2n) is 7.61. The Morgan fingerprint density at radius 3 is 2.79 bits per heavy atom. The topological polar surface area (TPSA) is 84.3 Å². The minimum atomic E-state index is -0.508. The van der Waals surface area contributed by atoms with Crippen LogP contribution in [0.3, 0.4) is 0 Å². The number of Topliss-reactive ketones (excluding diaryl/α,β-unsaturated/α-hetero) is 1. The molecule has 1 saturated carbocycles. The van der Waals surface area contributed by atoms with Gasteiger partial charge in [-0.3, -0.25) is 19.0 Å². The van der Waals surface area contributed by atoms with E-state index in [1.807, 2.05) is 26.2 Å². The van der Waals surface area contributed by atoms with Crippen LogP contribution >= 0.6 is 0 Å². The van der Waals surface area contributed by atoms with Crippen LogP contribution in [0.4, 0.5) is 0 Å². The predicted molar refractivity (Wildman–Crippen MR) is 108 cm³/mol. The summed E-state index contributed by atoms with van der Waals surface area (Å²) in [7, 11) is 3.64. The molecule has 1 aliphatic rings. The number of nitrogens with one attached hydrogen (secondary N) is 1. The van der Waals surface area contributed by atoms with E-state index in [9.17, 15) is 14.4 Å². The van der Waals surface area contributed by atoms with Crippen LogP contribution in [0.15, 0.2) is 35.1 Å². The SMILES string of the molecule is C=C1CCC(n2c(C)nc3cccc(CNC(=O)CN(C)C)c3c2=O)C(=O)C1. The summed E-state index contributed by atoms with van der Waals surface area (Å²) in [5.74, 6) is 0.403. The van der Waals surface area contributed by atoms with Gasteiger partial charge in [0, 0.05) is 13.0 Å². The zero-order chi connectivity index (χ0) is 20.4. The molecule has 28 heavy (non-hydrogen) atoms. The van der Waals surface area contributed by atoms with Crippen molar-refractivity contribution >= 4 is 22.6 Å². The summed E-state index contributed by atoms with van der Waals surface area (Å²) in [6.45, 7) is 6.15. The molecule has 1 atom stereocenters. The highest BCUT2D eigenvalue weighted by Gasteiger charge is 2.28. The van der Waals surface area contributed by atoms with E-state index in [0.29, 0.717) is 35.1 Å². The van der Waals surface area contributed by atoms with Crippen molar-refractivity contribution in [2.75, 3.05) is 20.6 Å². The molecule has 7 nitrogen and oxygen atoms in total. The molecule has 1 unspecified atom stereocenters. The van der Waals surface area contributed by atoms with Crippen LogP contribution in [0.1, 0.15) is 36.7 Å². The first-order valence-corrected chi connectivity index (χ1v) is 9.39. The van der Waals surface area contributed by atoms with Gasteiger partial charge in [0.15, 0.2) is 5.78 Å². The number of fused-ring (bicyclic) bond motifs is 1. The van der Waals surface area contributed by atoms with E-state index in [0.717, 1.165) is 12.0 Å². The summed E-state index contributed by atoms with van der Waals surface area (Å²) in [6.07, 6.45) is 1.59. The van der Waals surface area contributed by atoms with Crippen LogP contribution in [0.25, 0.3) is 10.9 Å². The molecule has 1 N–H and O–H groups in total. The largest absolute Gasteiger partial charge is 0.351 e. The standard InChI is InChI=1S/C21H26N4O3/c1-13-8-9-17(18(26)10-13)25-14(2)23-16-7-5-6-15(20(16)21(25)28)11-22-19(27)12-24(3)4/h5-7,17H,1,8-12H2,2-4H3,(H,22,27). The van der Waals surface area contributed by atoms with Crippen molar-refractivity contribution in [1.82, 2.24) is 19.8 Å². The number of ketones is 1. The van der Waals surface area contributed by atoms with Crippen LogP contribution in [0.2, 0.25) is 0 Å². The Morgan fingerprint density at radius 1 is 1.36 bits per heavy atom. The Balaban J connectivity index is 2.01. The fourth-order valence-corrected chi connectivity index (χ4v) is 3.70. The van der Waals surface area contributed by atoms with Crippen molar-refractivity contribution < 1.29 is 9.59 Å². The second kappa shape index (κ2) is 8.06. The first kappa shape index (κ1) is 19.9. The maximum absolute atomic E-state index is 13.3. The van der Waals surface area contributed by atoms with Crippen molar-refractivity contribution in [3.63, 3.8) is 0 Å². The predicted octanol–water partition coefficient (Wildman–Crippen LogP) is 1.73. The van der Waals surface area contributed by atoms with Crippen molar-refractivity contribution in [1.29, 1.82) is 0 Å². The minimum absolute atomic E-state index is 0.000586. The molecule has 1 amide bonds. The number of likely N-dealkylation sites (N-methyl/N-ethyl adjacent to an activating group) is 1. The molecule has 2 aromatic rings. The minimum Gasteiger partial charge on any atom is -0.351 e. The fraction of sp³-hybridized carbons (Fsp3) is 0.429. The summed E-state index contributed by atoms with van der Waals surface area (Å²) < 4.78 is 1.52. The smallest absolute Gasteiger partial charge is 0.262 e. The highest BCUT2D eigenvalue weighted by Crippen LogP contribution is 2.28. The van der Waals surface area contributed by atoms with Gasteiger partial charge in [-0.25, -0.2) is 4.98 Å². The van der Waals surface area contributed by atoms with E-state index < -0.39 is 6.04 Å². The monoisotopic (exact) mass is 382 g/mol. The summed E-state index contributed by atoms with van der Waals surface area (Å²) in [5.41, 5.74) is 1.95. The van der Waals surface area contributed by atoms with E-state index in [2.05, 4.69) is 16.9 Å². The van der Waals surface area contributed by atoms with Gasteiger partial charge >= 0.3 is 0 Å². The zero-order valence-electron chi connectivity index (χ0n) is 16.6. The third-order valence-corrected chi connectivity index (χ3v) is 5.01. The van der Waals surface area contributed by atoms with Gasteiger partial charge in [0.1, 0.15) is 5.82 Å². The normalized spacial score (nSPS) is 17.4.